The zero-order valence-electron chi connectivity index (χ0n) is 13.6. The maximum Gasteiger partial charge on any atom is 0.224 e. The Bertz CT molecular complexity index is 898. The van der Waals surface area contributed by atoms with Crippen LogP contribution >= 0.6 is 0 Å². The second kappa shape index (κ2) is 6.04. The Balaban J connectivity index is 1.54. The number of aromatic nitrogens is 1. The average Bonchev–Trinajstić information content (AvgIpc) is 2.91. The zero-order valence-corrected chi connectivity index (χ0v) is 13.6. The fourth-order valence-electron chi connectivity index (χ4n) is 3.46. The van der Waals surface area contributed by atoms with E-state index in [0.29, 0.717) is 13.0 Å². The molecule has 2 N–H and O–H groups in total. The van der Waals surface area contributed by atoms with Crippen molar-refractivity contribution in [3.05, 3.63) is 65.4 Å². The van der Waals surface area contributed by atoms with Crippen LogP contribution in [0.25, 0.3) is 10.9 Å². The number of rotatable bonds is 3. The van der Waals surface area contributed by atoms with Crippen LogP contribution in [0.1, 0.15) is 29.3 Å². The van der Waals surface area contributed by atoms with Crippen LogP contribution in [0.4, 0.5) is 0 Å². The van der Waals surface area contributed by atoms with E-state index in [9.17, 15) is 4.79 Å². The molecule has 0 saturated heterocycles. The van der Waals surface area contributed by atoms with Gasteiger partial charge >= 0.3 is 0 Å². The van der Waals surface area contributed by atoms with Crippen molar-refractivity contribution in [3.8, 4) is 5.75 Å². The smallest absolute Gasteiger partial charge is 0.224 e. The summed E-state index contributed by atoms with van der Waals surface area (Å²) in [6, 6.07) is 16.0. The number of hydrogen-bond donors (Lipinski definition) is 2. The van der Waals surface area contributed by atoms with Crippen LogP contribution in [0, 0.1) is 6.92 Å². The van der Waals surface area contributed by atoms with Gasteiger partial charge in [-0.1, -0.05) is 36.4 Å². The van der Waals surface area contributed by atoms with Gasteiger partial charge in [0.1, 0.15) is 5.75 Å². The van der Waals surface area contributed by atoms with Crippen molar-refractivity contribution >= 4 is 16.8 Å². The van der Waals surface area contributed by atoms with Gasteiger partial charge in [0, 0.05) is 28.6 Å². The van der Waals surface area contributed by atoms with Crippen LogP contribution in [0.15, 0.2) is 48.5 Å². The van der Waals surface area contributed by atoms with Crippen molar-refractivity contribution in [2.24, 2.45) is 0 Å². The second-order valence-corrected chi connectivity index (χ2v) is 6.25. The molecule has 2 heterocycles. The number of aromatic amines is 1. The first-order chi connectivity index (χ1) is 11.7. The molecule has 0 bridgehead atoms. The molecule has 0 radical (unpaired) electrons. The van der Waals surface area contributed by atoms with Crippen molar-refractivity contribution in [2.45, 2.75) is 25.8 Å². The molecule has 4 nitrogen and oxygen atoms in total. The average molecular weight is 320 g/mol. The molecule has 1 atom stereocenters. The summed E-state index contributed by atoms with van der Waals surface area (Å²) in [5.41, 5.74) is 4.27. The molecule has 4 rings (SSSR count). The van der Waals surface area contributed by atoms with Gasteiger partial charge in [0.05, 0.1) is 19.1 Å². The number of nitrogens with one attached hydrogen (secondary N) is 2. The minimum atomic E-state index is 0.0213. The van der Waals surface area contributed by atoms with Gasteiger partial charge in [-0.05, 0) is 24.6 Å². The summed E-state index contributed by atoms with van der Waals surface area (Å²) in [6.45, 7) is 2.65. The molecule has 0 saturated carbocycles. The first-order valence-electron chi connectivity index (χ1n) is 8.29. The molecule has 0 spiro atoms. The Morgan fingerprint density at radius 2 is 2.00 bits per heavy atom. The summed E-state index contributed by atoms with van der Waals surface area (Å²) in [5, 5.41) is 4.30. The summed E-state index contributed by atoms with van der Waals surface area (Å²) in [5.74, 6) is 0.918. The van der Waals surface area contributed by atoms with Gasteiger partial charge in [-0.15, -0.1) is 0 Å². The maximum absolute atomic E-state index is 12.6. The normalized spacial score (nSPS) is 16.5. The number of hydrogen-bond acceptors (Lipinski definition) is 2. The van der Waals surface area contributed by atoms with E-state index in [-0.39, 0.29) is 11.9 Å². The molecule has 1 aliphatic heterocycles. The number of H-pyrrole nitrogens is 1. The Morgan fingerprint density at radius 1 is 1.21 bits per heavy atom. The highest BCUT2D eigenvalue weighted by atomic mass is 16.5. The molecular formula is C20H20N2O2. The standard InChI is InChI=1S/C20H20N2O2/c1-13-16(14-6-2-4-8-17(14)21-13)12-20(23)22-18-10-11-24-19-9-5-3-7-15(18)19/h2-9,18,21H,10-12H2,1H3,(H,22,23)/t18-/m1/s1. The van der Waals surface area contributed by atoms with E-state index in [1.807, 2.05) is 49.4 Å². The molecule has 24 heavy (non-hydrogen) atoms. The number of fused-ring (bicyclic) bond motifs is 2. The summed E-state index contributed by atoms with van der Waals surface area (Å²) in [7, 11) is 0. The number of amides is 1. The third-order valence-corrected chi connectivity index (χ3v) is 4.66. The van der Waals surface area contributed by atoms with E-state index in [1.165, 1.54) is 0 Å². The van der Waals surface area contributed by atoms with Crippen LogP contribution < -0.4 is 10.1 Å². The summed E-state index contributed by atoms with van der Waals surface area (Å²) < 4.78 is 5.66. The van der Waals surface area contributed by atoms with Crippen LogP contribution in [-0.2, 0) is 11.2 Å². The lowest BCUT2D eigenvalue weighted by molar-refractivity contribution is -0.121. The lowest BCUT2D eigenvalue weighted by Crippen LogP contribution is -2.33. The van der Waals surface area contributed by atoms with Crippen molar-refractivity contribution in [3.63, 3.8) is 0 Å². The molecule has 1 aliphatic rings. The second-order valence-electron chi connectivity index (χ2n) is 6.25. The highest BCUT2D eigenvalue weighted by molar-refractivity contribution is 5.90. The topological polar surface area (TPSA) is 54.1 Å². The van der Waals surface area contributed by atoms with E-state index in [2.05, 4.69) is 16.4 Å². The third kappa shape index (κ3) is 2.64. The Hall–Kier alpha value is -2.75. The lowest BCUT2D eigenvalue weighted by atomic mass is 10.00. The Morgan fingerprint density at radius 3 is 2.92 bits per heavy atom. The van der Waals surface area contributed by atoms with Gasteiger partial charge in [-0.2, -0.15) is 0 Å². The van der Waals surface area contributed by atoms with Gasteiger partial charge in [0.15, 0.2) is 0 Å². The summed E-state index contributed by atoms with van der Waals surface area (Å²) in [6.07, 6.45) is 1.19. The van der Waals surface area contributed by atoms with E-state index in [4.69, 9.17) is 4.74 Å². The van der Waals surface area contributed by atoms with Crippen LogP contribution in [0.3, 0.4) is 0 Å². The molecule has 1 amide bonds. The van der Waals surface area contributed by atoms with Gasteiger partial charge in [-0.3, -0.25) is 4.79 Å². The highest BCUT2D eigenvalue weighted by Gasteiger charge is 2.23. The quantitative estimate of drug-likeness (QED) is 0.774. The maximum atomic E-state index is 12.6. The number of benzene rings is 2. The van der Waals surface area contributed by atoms with E-state index in [1.54, 1.807) is 0 Å². The largest absolute Gasteiger partial charge is 0.493 e. The van der Waals surface area contributed by atoms with Crippen LogP contribution in [-0.4, -0.2) is 17.5 Å². The van der Waals surface area contributed by atoms with Crippen LogP contribution in [0.5, 0.6) is 5.75 Å². The van der Waals surface area contributed by atoms with Crippen molar-refractivity contribution in [1.29, 1.82) is 0 Å². The fraction of sp³-hybridized carbons (Fsp3) is 0.250. The molecular weight excluding hydrogens is 300 g/mol. The van der Waals surface area contributed by atoms with Crippen molar-refractivity contribution < 1.29 is 9.53 Å². The van der Waals surface area contributed by atoms with Gasteiger partial charge in [0.2, 0.25) is 5.91 Å². The summed E-state index contributed by atoms with van der Waals surface area (Å²) in [4.78, 5) is 16.0. The fourth-order valence-corrected chi connectivity index (χ4v) is 3.46. The molecule has 0 fully saturated rings. The van der Waals surface area contributed by atoms with Crippen LogP contribution in [0.2, 0.25) is 0 Å². The number of para-hydroxylation sites is 2. The Labute approximate surface area is 140 Å². The third-order valence-electron chi connectivity index (χ3n) is 4.66. The molecule has 3 aromatic rings. The number of carbonyl (C=O) groups is 1. The van der Waals surface area contributed by atoms with E-state index >= 15 is 0 Å². The predicted octanol–water partition coefficient (Wildman–Crippen LogP) is 3.66. The summed E-state index contributed by atoms with van der Waals surface area (Å²) >= 11 is 0. The molecule has 1 aromatic heterocycles. The van der Waals surface area contributed by atoms with E-state index in [0.717, 1.165) is 39.9 Å². The van der Waals surface area contributed by atoms with Crippen molar-refractivity contribution in [2.75, 3.05) is 6.61 Å². The van der Waals surface area contributed by atoms with Gasteiger partial charge in [0.25, 0.3) is 0 Å². The number of carbonyl (C=O) groups excluding carboxylic acids is 1. The SMILES string of the molecule is Cc1[nH]c2ccccc2c1CC(=O)N[C@@H]1CCOc2ccccc21. The molecule has 122 valence electrons. The molecule has 2 aromatic carbocycles. The predicted molar refractivity (Wildman–Crippen MR) is 94.2 cm³/mol. The van der Waals surface area contributed by atoms with Gasteiger partial charge in [-0.25, -0.2) is 0 Å². The first kappa shape index (κ1) is 14.8. The zero-order chi connectivity index (χ0) is 16.5. The Kier molecular flexibility index (Phi) is 3.73. The highest BCUT2D eigenvalue weighted by Crippen LogP contribution is 2.31. The molecule has 4 heteroatoms. The first-order valence-corrected chi connectivity index (χ1v) is 8.29. The monoisotopic (exact) mass is 320 g/mol. The molecule has 0 aliphatic carbocycles. The minimum Gasteiger partial charge on any atom is -0.493 e. The number of aryl methyl sites for hydroxylation is 1. The van der Waals surface area contributed by atoms with E-state index < -0.39 is 0 Å². The number of ether oxygens (including phenoxy) is 1. The van der Waals surface area contributed by atoms with Gasteiger partial charge < -0.3 is 15.0 Å². The minimum absolute atomic E-state index is 0.0213. The van der Waals surface area contributed by atoms with Crippen molar-refractivity contribution in [1.82, 2.24) is 10.3 Å². The lowest BCUT2D eigenvalue weighted by Gasteiger charge is -2.26. The molecule has 0 unspecified atom stereocenters.